The lowest BCUT2D eigenvalue weighted by atomic mass is 10.1. The van der Waals surface area contributed by atoms with Crippen molar-refractivity contribution >= 4 is 109 Å². The van der Waals surface area contributed by atoms with E-state index in [-0.39, 0.29) is 58.0 Å². The van der Waals surface area contributed by atoms with Gasteiger partial charge in [0.05, 0.1) is 51.6 Å². The number of carbonyl (C=O) groups excluding carboxylic acids is 4. The summed E-state index contributed by atoms with van der Waals surface area (Å²) in [7, 11) is 0. The first kappa shape index (κ1) is 57.5. The highest BCUT2D eigenvalue weighted by molar-refractivity contribution is 6.39. The van der Waals surface area contributed by atoms with Crippen molar-refractivity contribution in [2.24, 2.45) is 0 Å². The van der Waals surface area contributed by atoms with Gasteiger partial charge in [-0.1, -0.05) is 48.7 Å². The van der Waals surface area contributed by atoms with Crippen LogP contribution in [0.5, 0.6) is 0 Å². The van der Waals surface area contributed by atoms with Crippen molar-refractivity contribution in [3.05, 3.63) is 123 Å². The Hall–Kier alpha value is -6.77. The summed E-state index contributed by atoms with van der Waals surface area (Å²) < 4.78 is 91.8. The number of aromatic nitrogens is 2. The lowest BCUT2D eigenvalue weighted by Crippen LogP contribution is -2.49. The zero-order valence-electron chi connectivity index (χ0n) is 41.2. The van der Waals surface area contributed by atoms with Gasteiger partial charge in [-0.2, -0.15) is 26.3 Å². The smallest absolute Gasteiger partial charge is 0.418 e. The van der Waals surface area contributed by atoms with Gasteiger partial charge in [-0.25, -0.2) is 9.59 Å². The molecule has 2 aliphatic heterocycles. The van der Waals surface area contributed by atoms with E-state index in [1.807, 2.05) is 0 Å². The Morgan fingerprint density at radius 2 is 1.03 bits per heavy atom. The number of piperazine rings is 2. The average Bonchev–Trinajstić information content (AvgIpc) is 3.38. The highest BCUT2D eigenvalue weighted by Gasteiger charge is 2.37. The summed E-state index contributed by atoms with van der Waals surface area (Å²) in [6.45, 7) is 10.3. The molecule has 3 N–H and O–H groups in total. The number of rotatable bonds is 10. The molecule has 4 aromatic carbocycles. The fraction of sp³-hybridized carbons (Fsp3) is 0.346. The molecule has 0 atom stereocenters. The van der Waals surface area contributed by atoms with Crippen LogP contribution in [0.3, 0.4) is 0 Å². The number of nitrogens with zero attached hydrogens (tertiary/aromatic N) is 6. The molecule has 4 heterocycles. The van der Waals surface area contributed by atoms with Crippen molar-refractivity contribution in [2.45, 2.75) is 52.9 Å². The minimum Gasteiger partial charge on any atom is -0.462 e. The number of nitrogen functional groups attached to an aromatic ring is 1. The Balaban J connectivity index is 0.000000202. The van der Waals surface area contributed by atoms with E-state index in [4.69, 9.17) is 50.0 Å². The molecule has 2 aromatic heterocycles. The Labute approximate surface area is 443 Å². The SMILES string of the molecule is CCC(=O)N1CCN(c2ccc(N)cc2C(F)(F)F)CC1.CCOC(=O)c1cnc2ccc(Cl)cc2c1Cl.CCOC(=O)c1cnc2ccc(Cl)cc2c1Nc1ccc(N2CCN(C(=O)CC)CC2)c(C(F)(F)F)c1. The van der Waals surface area contributed by atoms with Gasteiger partial charge in [-0.05, 0) is 86.6 Å². The van der Waals surface area contributed by atoms with Gasteiger partial charge in [-0.3, -0.25) is 19.6 Å². The van der Waals surface area contributed by atoms with E-state index in [0.717, 1.165) is 12.1 Å². The maximum atomic E-state index is 14.2. The molecule has 75 heavy (non-hydrogen) atoms. The third-order valence-corrected chi connectivity index (χ3v) is 12.9. The molecule has 0 saturated carbocycles. The molecule has 400 valence electrons. The van der Waals surface area contributed by atoms with Crippen LogP contribution in [0.15, 0.2) is 85.2 Å². The molecule has 0 radical (unpaired) electrons. The van der Waals surface area contributed by atoms with E-state index in [2.05, 4.69) is 15.3 Å². The van der Waals surface area contributed by atoms with Crippen molar-refractivity contribution in [2.75, 3.05) is 86.4 Å². The summed E-state index contributed by atoms with van der Waals surface area (Å²) in [5, 5.41) is 5.33. The first-order valence-corrected chi connectivity index (χ1v) is 24.9. The van der Waals surface area contributed by atoms with Gasteiger partial charge in [0.15, 0.2) is 0 Å². The molecule has 2 saturated heterocycles. The van der Waals surface area contributed by atoms with Crippen LogP contribution in [0.25, 0.3) is 21.8 Å². The van der Waals surface area contributed by atoms with Gasteiger partial charge in [0.25, 0.3) is 0 Å². The number of fused-ring (bicyclic) bond motifs is 2. The Bertz CT molecular complexity index is 3040. The van der Waals surface area contributed by atoms with E-state index in [1.165, 1.54) is 36.7 Å². The standard InChI is InChI=1S/C26H26ClF3N4O3.C14H18F3N3O.C12H9Cl2NO2/c1-3-23(35)34-11-9-33(10-12-34)22-8-6-17(14-20(22)26(28,29)30)32-24-18-13-16(27)5-7-21(18)31-15-19(24)25(36)37-4-2;1-2-13(21)20-7-5-19(6-8-20)12-4-3-10(18)9-11(12)14(15,16)17;1-2-17-12(16)9-6-15-10-4-3-7(13)5-8(10)11(9)14/h5-8,13-15H,3-4,9-12H2,1-2H3,(H,31,32);3-4,9H,2,5-8,18H2,1H3;3-6H,2H2,1H3. The molecule has 6 aromatic rings. The van der Waals surface area contributed by atoms with Gasteiger partial charge in [0.2, 0.25) is 11.8 Å². The number of nitrogens with one attached hydrogen (secondary N) is 1. The van der Waals surface area contributed by atoms with E-state index in [1.54, 1.807) is 83.7 Å². The van der Waals surface area contributed by atoms with Crippen molar-refractivity contribution < 1.29 is 55.0 Å². The van der Waals surface area contributed by atoms with Crippen LogP contribution in [0.2, 0.25) is 15.1 Å². The number of alkyl halides is 6. The van der Waals surface area contributed by atoms with Gasteiger partial charge in [0.1, 0.15) is 5.56 Å². The van der Waals surface area contributed by atoms with Crippen LogP contribution in [0, 0.1) is 0 Å². The monoisotopic (exact) mass is 1100 g/mol. The van der Waals surface area contributed by atoms with E-state index >= 15 is 0 Å². The van der Waals surface area contributed by atoms with Crippen LogP contribution in [-0.4, -0.2) is 109 Å². The molecule has 2 fully saturated rings. The molecule has 0 bridgehead atoms. The number of benzene rings is 4. The zero-order chi connectivity index (χ0) is 54.8. The summed E-state index contributed by atoms with van der Waals surface area (Å²) in [5.74, 6) is -1.13. The summed E-state index contributed by atoms with van der Waals surface area (Å²) in [6.07, 6.45) is -5.56. The van der Waals surface area contributed by atoms with Gasteiger partial charge in [0, 0.05) is 121 Å². The largest absolute Gasteiger partial charge is 0.462 e. The third kappa shape index (κ3) is 14.3. The predicted octanol–water partition coefficient (Wildman–Crippen LogP) is 12.0. The maximum absolute atomic E-state index is 14.2. The Kier molecular flexibility index (Phi) is 19.3. The number of nitrogens with two attached hydrogens (primary N) is 1. The second kappa shape index (κ2) is 25.2. The number of esters is 2. The summed E-state index contributed by atoms with van der Waals surface area (Å²) >= 11 is 18.2. The predicted molar refractivity (Wildman–Crippen MR) is 279 cm³/mol. The highest BCUT2D eigenvalue weighted by Crippen LogP contribution is 2.41. The van der Waals surface area contributed by atoms with Crippen LogP contribution in [-0.2, 0) is 31.4 Å². The molecule has 23 heteroatoms. The van der Waals surface area contributed by atoms with Crippen LogP contribution < -0.4 is 20.9 Å². The van der Waals surface area contributed by atoms with Gasteiger partial charge >= 0.3 is 24.3 Å². The van der Waals surface area contributed by atoms with E-state index in [0.29, 0.717) is 109 Å². The number of amides is 2. The topological polar surface area (TPSA) is 164 Å². The van der Waals surface area contributed by atoms with Crippen LogP contribution in [0.1, 0.15) is 72.4 Å². The molecule has 14 nitrogen and oxygen atoms in total. The lowest BCUT2D eigenvalue weighted by Gasteiger charge is -2.37. The summed E-state index contributed by atoms with van der Waals surface area (Å²) in [4.78, 5) is 62.8. The number of anilines is 5. The third-order valence-electron chi connectivity index (χ3n) is 12.0. The Morgan fingerprint density at radius 3 is 1.51 bits per heavy atom. The zero-order valence-corrected chi connectivity index (χ0v) is 43.4. The number of halogens is 9. The van der Waals surface area contributed by atoms with Crippen LogP contribution in [0.4, 0.5) is 54.8 Å². The van der Waals surface area contributed by atoms with E-state index < -0.39 is 35.4 Å². The van der Waals surface area contributed by atoms with Crippen molar-refractivity contribution in [3.63, 3.8) is 0 Å². The number of ether oxygens (including phenoxy) is 2. The molecular formula is C52H53Cl3F6N8O6. The minimum absolute atomic E-state index is 0.0164. The van der Waals surface area contributed by atoms with Gasteiger partial charge < -0.3 is 40.1 Å². The average molecular weight is 1110 g/mol. The fourth-order valence-electron chi connectivity index (χ4n) is 8.30. The quantitative estimate of drug-likeness (QED) is 0.0759. The number of hydrogen-bond acceptors (Lipinski definition) is 12. The molecule has 2 aliphatic rings. The number of pyridine rings is 2. The Morgan fingerprint density at radius 1 is 0.587 bits per heavy atom. The van der Waals surface area contributed by atoms with Crippen molar-refractivity contribution in [3.8, 4) is 0 Å². The van der Waals surface area contributed by atoms with Crippen molar-refractivity contribution in [1.29, 1.82) is 0 Å². The molecule has 0 aliphatic carbocycles. The van der Waals surface area contributed by atoms with Gasteiger partial charge in [-0.15, -0.1) is 0 Å². The van der Waals surface area contributed by atoms with Crippen molar-refractivity contribution in [1.82, 2.24) is 19.8 Å². The number of hydrogen-bond donors (Lipinski definition) is 2. The maximum Gasteiger partial charge on any atom is 0.418 e. The molecular weight excluding hydrogens is 1050 g/mol. The summed E-state index contributed by atoms with van der Waals surface area (Å²) in [6, 6.07) is 17.8. The highest BCUT2D eigenvalue weighted by atomic mass is 35.5. The minimum atomic E-state index is -4.63. The molecule has 0 unspecified atom stereocenters. The normalized spacial score (nSPS) is 13.9. The van der Waals surface area contributed by atoms with Crippen LogP contribution >= 0.6 is 34.8 Å². The first-order chi connectivity index (χ1) is 35.6. The van der Waals surface area contributed by atoms with E-state index in [9.17, 15) is 45.5 Å². The first-order valence-electron chi connectivity index (χ1n) is 23.7. The molecule has 2 amide bonds. The molecule has 8 rings (SSSR count). The fourth-order valence-corrected chi connectivity index (χ4v) is 8.93. The number of carbonyl (C=O) groups is 4. The summed E-state index contributed by atoms with van der Waals surface area (Å²) in [5.41, 5.74) is 6.07. The molecule has 0 spiro atoms. The second-order valence-electron chi connectivity index (χ2n) is 16.9. The lowest BCUT2D eigenvalue weighted by molar-refractivity contribution is -0.138. The second-order valence-corrected chi connectivity index (χ2v) is 18.1.